The van der Waals surface area contributed by atoms with Crippen LogP contribution in [0.4, 0.5) is 0 Å². The number of rotatable bonds is 6. The second-order valence-corrected chi connectivity index (χ2v) is 5.47. The van der Waals surface area contributed by atoms with Crippen molar-refractivity contribution in [3.8, 4) is 0 Å². The van der Waals surface area contributed by atoms with E-state index in [1.165, 1.54) is 19.3 Å². The maximum Gasteiger partial charge on any atom is 0.0477 e. The summed E-state index contributed by atoms with van der Waals surface area (Å²) in [6.07, 6.45) is 5.35. The molecule has 16 heavy (non-hydrogen) atoms. The second-order valence-electron chi connectivity index (χ2n) is 5.47. The Morgan fingerprint density at radius 1 is 1.25 bits per heavy atom. The van der Waals surface area contributed by atoms with E-state index in [1.807, 2.05) is 0 Å². The van der Waals surface area contributed by atoms with Crippen LogP contribution in [0.15, 0.2) is 0 Å². The van der Waals surface area contributed by atoms with Gasteiger partial charge < -0.3 is 10.1 Å². The molecule has 1 rings (SSSR count). The summed E-state index contributed by atoms with van der Waals surface area (Å²) in [5.41, 5.74) is 0. The molecule has 0 aliphatic heterocycles. The Kier molecular flexibility index (Phi) is 6.37. The molecule has 0 saturated heterocycles. The Bertz CT molecular complexity index is 182. The number of hydrogen-bond acceptors (Lipinski definition) is 2. The molecule has 0 spiro atoms. The maximum atomic E-state index is 5.22. The van der Waals surface area contributed by atoms with Gasteiger partial charge in [0.1, 0.15) is 0 Å². The first-order chi connectivity index (χ1) is 7.69. The Morgan fingerprint density at radius 2 is 2.00 bits per heavy atom. The van der Waals surface area contributed by atoms with Crippen LogP contribution in [0.1, 0.15) is 46.5 Å². The molecular formula is C14H29NO. The van der Waals surface area contributed by atoms with Gasteiger partial charge in [0.15, 0.2) is 0 Å². The summed E-state index contributed by atoms with van der Waals surface area (Å²) in [5, 5.41) is 3.64. The Balaban J connectivity index is 2.43. The highest BCUT2D eigenvalue weighted by molar-refractivity contribution is 4.83. The van der Waals surface area contributed by atoms with E-state index in [-0.39, 0.29) is 0 Å². The highest BCUT2D eigenvalue weighted by atomic mass is 16.5. The van der Waals surface area contributed by atoms with Crippen LogP contribution >= 0.6 is 0 Å². The average Bonchev–Trinajstić information content (AvgIpc) is 2.28. The van der Waals surface area contributed by atoms with Crippen molar-refractivity contribution >= 4 is 0 Å². The van der Waals surface area contributed by atoms with Gasteiger partial charge in [0, 0.05) is 19.8 Å². The fourth-order valence-electron chi connectivity index (χ4n) is 2.97. The van der Waals surface area contributed by atoms with Crippen LogP contribution in [0.25, 0.3) is 0 Å². The normalized spacial score (nSPS) is 32.6. The lowest BCUT2D eigenvalue weighted by molar-refractivity contribution is 0.133. The summed E-state index contributed by atoms with van der Waals surface area (Å²) >= 11 is 0. The van der Waals surface area contributed by atoms with Crippen LogP contribution < -0.4 is 5.32 Å². The fourth-order valence-corrected chi connectivity index (χ4v) is 2.97. The van der Waals surface area contributed by atoms with Crippen molar-refractivity contribution in [2.45, 2.75) is 52.5 Å². The Morgan fingerprint density at radius 3 is 2.56 bits per heavy atom. The topological polar surface area (TPSA) is 21.3 Å². The predicted molar refractivity (Wildman–Crippen MR) is 69.6 cm³/mol. The van der Waals surface area contributed by atoms with Gasteiger partial charge >= 0.3 is 0 Å². The van der Waals surface area contributed by atoms with E-state index in [1.54, 1.807) is 7.11 Å². The van der Waals surface area contributed by atoms with Crippen molar-refractivity contribution in [2.75, 3.05) is 20.3 Å². The standard InChI is InChI=1S/C14H29NO/c1-5-15-14(8-9-16-4)13-7-6-11(2)12(3)10-13/h11-15H,5-10H2,1-4H3. The number of nitrogens with one attached hydrogen (secondary N) is 1. The third-order valence-electron chi connectivity index (χ3n) is 4.31. The molecule has 0 aromatic carbocycles. The molecule has 96 valence electrons. The van der Waals surface area contributed by atoms with E-state index in [4.69, 9.17) is 4.74 Å². The first kappa shape index (κ1) is 14.0. The van der Waals surface area contributed by atoms with Gasteiger partial charge in [0.25, 0.3) is 0 Å². The minimum Gasteiger partial charge on any atom is -0.385 e. The van der Waals surface area contributed by atoms with Crippen molar-refractivity contribution in [3.63, 3.8) is 0 Å². The van der Waals surface area contributed by atoms with Crippen molar-refractivity contribution < 1.29 is 4.74 Å². The quantitative estimate of drug-likeness (QED) is 0.753. The summed E-state index contributed by atoms with van der Waals surface area (Å²) in [6.45, 7) is 8.98. The van der Waals surface area contributed by atoms with Gasteiger partial charge in [-0.05, 0) is 43.6 Å². The minimum absolute atomic E-state index is 0.667. The van der Waals surface area contributed by atoms with Gasteiger partial charge in [-0.1, -0.05) is 27.2 Å². The largest absolute Gasteiger partial charge is 0.385 e. The van der Waals surface area contributed by atoms with Crippen LogP contribution in [-0.4, -0.2) is 26.3 Å². The van der Waals surface area contributed by atoms with Crippen LogP contribution in [0.2, 0.25) is 0 Å². The van der Waals surface area contributed by atoms with Gasteiger partial charge in [0.2, 0.25) is 0 Å². The van der Waals surface area contributed by atoms with Crippen LogP contribution in [0.3, 0.4) is 0 Å². The summed E-state index contributed by atoms with van der Waals surface area (Å²) in [7, 11) is 1.80. The summed E-state index contributed by atoms with van der Waals surface area (Å²) < 4.78 is 5.22. The monoisotopic (exact) mass is 227 g/mol. The molecule has 2 heteroatoms. The number of methoxy groups -OCH3 is 1. The lowest BCUT2D eigenvalue weighted by Crippen LogP contribution is -2.40. The van der Waals surface area contributed by atoms with E-state index in [9.17, 15) is 0 Å². The molecule has 1 aliphatic rings. The molecule has 0 heterocycles. The van der Waals surface area contributed by atoms with E-state index in [2.05, 4.69) is 26.1 Å². The molecule has 1 fully saturated rings. The first-order valence-electron chi connectivity index (χ1n) is 6.91. The van der Waals surface area contributed by atoms with Gasteiger partial charge in [-0.3, -0.25) is 0 Å². The van der Waals surface area contributed by atoms with Gasteiger partial charge in [-0.15, -0.1) is 0 Å². The molecule has 4 unspecified atom stereocenters. The molecule has 4 atom stereocenters. The average molecular weight is 227 g/mol. The smallest absolute Gasteiger partial charge is 0.0477 e. The van der Waals surface area contributed by atoms with Gasteiger partial charge in [-0.25, -0.2) is 0 Å². The molecule has 2 nitrogen and oxygen atoms in total. The first-order valence-corrected chi connectivity index (χ1v) is 6.91. The Hall–Kier alpha value is -0.0800. The summed E-state index contributed by atoms with van der Waals surface area (Å²) in [4.78, 5) is 0. The zero-order chi connectivity index (χ0) is 12.0. The van der Waals surface area contributed by atoms with Gasteiger partial charge in [-0.2, -0.15) is 0 Å². The highest BCUT2D eigenvalue weighted by Crippen LogP contribution is 2.35. The van der Waals surface area contributed by atoms with Gasteiger partial charge in [0.05, 0.1) is 0 Å². The van der Waals surface area contributed by atoms with Crippen molar-refractivity contribution in [1.82, 2.24) is 5.32 Å². The molecule has 0 radical (unpaired) electrons. The third-order valence-corrected chi connectivity index (χ3v) is 4.31. The van der Waals surface area contributed by atoms with Crippen LogP contribution in [0.5, 0.6) is 0 Å². The SMILES string of the molecule is CCNC(CCOC)C1CCC(C)C(C)C1. The van der Waals surface area contributed by atoms with Crippen LogP contribution in [-0.2, 0) is 4.74 Å². The summed E-state index contributed by atoms with van der Waals surface area (Å²) in [5.74, 6) is 2.67. The number of hydrogen-bond donors (Lipinski definition) is 1. The van der Waals surface area contributed by atoms with Crippen molar-refractivity contribution in [2.24, 2.45) is 17.8 Å². The second kappa shape index (κ2) is 7.29. The zero-order valence-electron chi connectivity index (χ0n) is 11.5. The predicted octanol–water partition coefficient (Wildman–Crippen LogP) is 3.07. The molecular weight excluding hydrogens is 198 g/mol. The van der Waals surface area contributed by atoms with Crippen molar-refractivity contribution in [3.05, 3.63) is 0 Å². The minimum atomic E-state index is 0.667. The lowest BCUT2D eigenvalue weighted by Gasteiger charge is -2.37. The molecule has 0 aromatic rings. The molecule has 0 bridgehead atoms. The fraction of sp³-hybridized carbons (Fsp3) is 1.00. The molecule has 0 aromatic heterocycles. The molecule has 0 amide bonds. The van der Waals surface area contributed by atoms with Crippen LogP contribution in [0, 0.1) is 17.8 Å². The number of ether oxygens (including phenoxy) is 1. The van der Waals surface area contributed by atoms with E-state index in [0.29, 0.717) is 6.04 Å². The van der Waals surface area contributed by atoms with E-state index >= 15 is 0 Å². The molecule has 1 N–H and O–H groups in total. The molecule has 1 aliphatic carbocycles. The lowest BCUT2D eigenvalue weighted by atomic mass is 9.72. The zero-order valence-corrected chi connectivity index (χ0v) is 11.5. The third kappa shape index (κ3) is 4.06. The highest BCUT2D eigenvalue weighted by Gasteiger charge is 2.29. The van der Waals surface area contributed by atoms with E-state index in [0.717, 1.165) is 37.3 Å². The summed E-state index contributed by atoms with van der Waals surface area (Å²) in [6, 6.07) is 0.667. The van der Waals surface area contributed by atoms with E-state index < -0.39 is 0 Å². The van der Waals surface area contributed by atoms with Crippen molar-refractivity contribution in [1.29, 1.82) is 0 Å². The Labute approximate surface area is 101 Å². The maximum absolute atomic E-state index is 5.22. The molecule has 1 saturated carbocycles.